The Morgan fingerprint density at radius 2 is 1.89 bits per heavy atom. The van der Waals surface area contributed by atoms with Crippen LogP contribution in [0.4, 0.5) is 5.13 Å². The number of amides is 1. The van der Waals surface area contributed by atoms with E-state index in [1.807, 2.05) is 35.7 Å². The molecule has 2 saturated heterocycles. The largest absolute Gasteiger partial charge is 0.379 e. The first-order valence-electron chi connectivity index (χ1n) is 9.64. The number of hydrogen-bond donors (Lipinski definition) is 1. The normalized spacial score (nSPS) is 19.2. The molecular weight excluding hydrogens is 360 g/mol. The third kappa shape index (κ3) is 4.66. The monoisotopic (exact) mass is 386 g/mol. The molecule has 0 bridgehead atoms. The summed E-state index contributed by atoms with van der Waals surface area (Å²) in [5, 5.41) is 5.77. The number of aromatic nitrogens is 1. The molecule has 1 N–H and O–H groups in total. The molecule has 144 valence electrons. The maximum Gasteiger partial charge on any atom is 0.271 e. The number of morpholine rings is 1. The molecule has 0 atom stereocenters. The standard InChI is InChI=1S/C20H26N4O2S/c25-19(21-14-16-4-2-1-3-5-16)18-15-27-20(22-18)24-8-6-17(7-9-24)23-10-12-26-13-11-23/h1-5,15,17H,6-14H2,(H,21,25). The molecule has 0 radical (unpaired) electrons. The maximum atomic E-state index is 12.4. The van der Waals surface area contributed by atoms with Crippen molar-refractivity contribution >= 4 is 22.4 Å². The number of ether oxygens (including phenoxy) is 1. The molecular formula is C20H26N4O2S. The molecule has 1 aromatic carbocycles. The van der Waals surface area contributed by atoms with Gasteiger partial charge in [-0.3, -0.25) is 9.69 Å². The lowest BCUT2D eigenvalue weighted by Crippen LogP contribution is -2.49. The number of nitrogens with one attached hydrogen (secondary N) is 1. The first-order chi connectivity index (χ1) is 13.3. The average molecular weight is 387 g/mol. The van der Waals surface area contributed by atoms with Crippen LogP contribution in [0.2, 0.25) is 0 Å². The minimum atomic E-state index is -0.107. The zero-order valence-corrected chi connectivity index (χ0v) is 16.3. The molecule has 1 amide bonds. The number of rotatable bonds is 5. The fourth-order valence-electron chi connectivity index (χ4n) is 3.75. The molecule has 2 aliphatic rings. The van der Waals surface area contributed by atoms with Crippen LogP contribution in [-0.4, -0.2) is 61.2 Å². The number of anilines is 1. The van der Waals surface area contributed by atoms with Crippen molar-refractivity contribution in [2.45, 2.75) is 25.4 Å². The highest BCUT2D eigenvalue weighted by molar-refractivity contribution is 7.13. The van der Waals surface area contributed by atoms with Gasteiger partial charge in [0.05, 0.1) is 13.2 Å². The summed E-state index contributed by atoms with van der Waals surface area (Å²) in [6, 6.07) is 10.6. The fourth-order valence-corrected chi connectivity index (χ4v) is 4.61. The van der Waals surface area contributed by atoms with Crippen LogP contribution in [0.3, 0.4) is 0 Å². The molecule has 0 saturated carbocycles. The Kier molecular flexibility index (Phi) is 6.01. The van der Waals surface area contributed by atoms with E-state index in [-0.39, 0.29) is 5.91 Å². The molecule has 0 aliphatic carbocycles. The maximum absolute atomic E-state index is 12.4. The molecule has 3 heterocycles. The zero-order valence-electron chi connectivity index (χ0n) is 15.5. The van der Waals surface area contributed by atoms with Crippen molar-refractivity contribution in [2.24, 2.45) is 0 Å². The second-order valence-electron chi connectivity index (χ2n) is 7.05. The van der Waals surface area contributed by atoms with E-state index in [4.69, 9.17) is 4.74 Å². The Morgan fingerprint density at radius 1 is 1.15 bits per heavy atom. The first-order valence-corrected chi connectivity index (χ1v) is 10.5. The molecule has 2 aromatic rings. The Bertz CT molecular complexity index is 737. The van der Waals surface area contributed by atoms with E-state index in [2.05, 4.69) is 20.1 Å². The third-order valence-corrected chi connectivity index (χ3v) is 6.22. The van der Waals surface area contributed by atoms with E-state index in [9.17, 15) is 4.79 Å². The summed E-state index contributed by atoms with van der Waals surface area (Å²) in [4.78, 5) is 21.8. The molecule has 0 spiro atoms. The van der Waals surface area contributed by atoms with Crippen molar-refractivity contribution in [3.05, 3.63) is 47.0 Å². The second-order valence-corrected chi connectivity index (χ2v) is 7.89. The number of thiazole rings is 1. The van der Waals surface area contributed by atoms with E-state index >= 15 is 0 Å². The van der Waals surface area contributed by atoms with Gasteiger partial charge in [0.15, 0.2) is 5.13 Å². The highest BCUT2D eigenvalue weighted by Gasteiger charge is 2.27. The highest BCUT2D eigenvalue weighted by Crippen LogP contribution is 2.26. The van der Waals surface area contributed by atoms with Gasteiger partial charge in [0.2, 0.25) is 0 Å². The Hall–Kier alpha value is -1.96. The van der Waals surface area contributed by atoms with Crippen molar-refractivity contribution < 1.29 is 9.53 Å². The van der Waals surface area contributed by atoms with Crippen LogP contribution in [0.1, 0.15) is 28.9 Å². The van der Waals surface area contributed by atoms with Crippen molar-refractivity contribution in [3.63, 3.8) is 0 Å². The van der Waals surface area contributed by atoms with Gasteiger partial charge in [-0.15, -0.1) is 11.3 Å². The smallest absolute Gasteiger partial charge is 0.271 e. The lowest BCUT2D eigenvalue weighted by atomic mass is 10.0. The zero-order chi connectivity index (χ0) is 18.5. The summed E-state index contributed by atoms with van der Waals surface area (Å²) in [5.41, 5.74) is 1.60. The quantitative estimate of drug-likeness (QED) is 0.855. The molecule has 2 fully saturated rings. The van der Waals surface area contributed by atoms with E-state index in [1.165, 1.54) is 0 Å². The minimum Gasteiger partial charge on any atom is -0.379 e. The van der Waals surface area contributed by atoms with Crippen LogP contribution in [0, 0.1) is 0 Å². The number of nitrogens with zero attached hydrogens (tertiary/aromatic N) is 3. The number of carbonyl (C=O) groups is 1. The van der Waals surface area contributed by atoms with Crippen LogP contribution >= 0.6 is 11.3 Å². The van der Waals surface area contributed by atoms with Gasteiger partial charge in [0, 0.05) is 44.1 Å². The van der Waals surface area contributed by atoms with E-state index in [0.717, 1.165) is 62.9 Å². The number of carbonyl (C=O) groups excluding carboxylic acids is 1. The summed E-state index contributed by atoms with van der Waals surface area (Å²) in [7, 11) is 0. The van der Waals surface area contributed by atoms with E-state index in [1.54, 1.807) is 11.3 Å². The molecule has 27 heavy (non-hydrogen) atoms. The Balaban J connectivity index is 1.28. The molecule has 7 heteroatoms. The highest BCUT2D eigenvalue weighted by atomic mass is 32.1. The lowest BCUT2D eigenvalue weighted by molar-refractivity contribution is 0.0115. The van der Waals surface area contributed by atoms with Crippen LogP contribution in [0.5, 0.6) is 0 Å². The van der Waals surface area contributed by atoms with Crippen LogP contribution in [-0.2, 0) is 11.3 Å². The van der Waals surface area contributed by atoms with Crippen LogP contribution in [0.15, 0.2) is 35.7 Å². The predicted octanol–water partition coefficient (Wildman–Crippen LogP) is 2.37. The Labute approximate surface area is 164 Å². The minimum absolute atomic E-state index is 0.107. The van der Waals surface area contributed by atoms with Crippen LogP contribution in [0.25, 0.3) is 0 Å². The number of hydrogen-bond acceptors (Lipinski definition) is 6. The van der Waals surface area contributed by atoms with E-state index < -0.39 is 0 Å². The predicted molar refractivity (Wildman–Crippen MR) is 107 cm³/mol. The molecule has 6 nitrogen and oxygen atoms in total. The number of piperidine rings is 1. The molecule has 2 aliphatic heterocycles. The Morgan fingerprint density at radius 3 is 2.63 bits per heavy atom. The molecule has 0 unspecified atom stereocenters. The van der Waals surface area contributed by atoms with E-state index in [0.29, 0.717) is 18.3 Å². The SMILES string of the molecule is O=C(NCc1ccccc1)c1csc(N2CCC(N3CCOCC3)CC2)n1. The topological polar surface area (TPSA) is 57.7 Å². The van der Waals surface area contributed by atoms with Crippen molar-refractivity contribution in [1.29, 1.82) is 0 Å². The summed E-state index contributed by atoms with van der Waals surface area (Å²) >= 11 is 1.56. The van der Waals surface area contributed by atoms with Gasteiger partial charge in [-0.05, 0) is 18.4 Å². The summed E-state index contributed by atoms with van der Waals surface area (Å²) < 4.78 is 5.46. The summed E-state index contributed by atoms with van der Waals surface area (Å²) in [6.07, 6.45) is 2.30. The van der Waals surface area contributed by atoms with Gasteiger partial charge in [-0.1, -0.05) is 30.3 Å². The van der Waals surface area contributed by atoms with Gasteiger partial charge in [0.25, 0.3) is 5.91 Å². The molecule has 4 rings (SSSR count). The van der Waals surface area contributed by atoms with Gasteiger partial charge in [0.1, 0.15) is 5.69 Å². The lowest BCUT2D eigenvalue weighted by Gasteiger charge is -2.40. The first kappa shape index (κ1) is 18.4. The van der Waals surface area contributed by atoms with Gasteiger partial charge in [-0.25, -0.2) is 4.98 Å². The summed E-state index contributed by atoms with van der Waals surface area (Å²) in [5.74, 6) is -0.107. The second kappa shape index (κ2) is 8.82. The van der Waals surface area contributed by atoms with Crippen molar-refractivity contribution in [3.8, 4) is 0 Å². The van der Waals surface area contributed by atoms with Crippen LogP contribution < -0.4 is 10.2 Å². The fraction of sp³-hybridized carbons (Fsp3) is 0.500. The summed E-state index contributed by atoms with van der Waals surface area (Å²) in [6.45, 7) is 6.34. The van der Waals surface area contributed by atoms with Gasteiger partial charge >= 0.3 is 0 Å². The van der Waals surface area contributed by atoms with Gasteiger partial charge < -0.3 is 15.0 Å². The number of benzene rings is 1. The molecule has 1 aromatic heterocycles. The van der Waals surface area contributed by atoms with Crippen molar-refractivity contribution in [1.82, 2.24) is 15.2 Å². The van der Waals surface area contributed by atoms with Crippen molar-refractivity contribution in [2.75, 3.05) is 44.3 Å². The third-order valence-electron chi connectivity index (χ3n) is 5.32. The van der Waals surface area contributed by atoms with Gasteiger partial charge in [-0.2, -0.15) is 0 Å². The average Bonchev–Trinajstić information content (AvgIpc) is 3.24.